The molecule has 0 saturated carbocycles. The van der Waals surface area contributed by atoms with Gasteiger partial charge in [-0.05, 0) is 29.3 Å². The van der Waals surface area contributed by atoms with Crippen LogP contribution in [0.15, 0.2) is 5.16 Å². The lowest BCUT2D eigenvalue weighted by Crippen LogP contribution is -2.19. The predicted octanol–water partition coefficient (Wildman–Crippen LogP) is 0.938. The molecule has 1 aromatic rings. The quantitative estimate of drug-likeness (QED) is 0.557. The normalized spacial score (nSPS) is 11.2. The minimum atomic E-state index is 0.771. The zero-order valence-electron chi connectivity index (χ0n) is 9.60. The molecule has 0 aliphatic carbocycles. The number of hydrogen-bond acceptors (Lipinski definition) is 5. The van der Waals surface area contributed by atoms with Gasteiger partial charge in [-0.15, -0.1) is 5.10 Å². The Morgan fingerprint density at radius 1 is 1.40 bits per heavy atom. The summed E-state index contributed by atoms with van der Waals surface area (Å²) in [5.41, 5.74) is 0. The lowest BCUT2D eigenvalue weighted by atomic mass is 10.1. The molecule has 0 fully saturated rings. The Balaban J connectivity index is 2.00. The summed E-state index contributed by atoms with van der Waals surface area (Å²) in [6.07, 6.45) is 1.23. The Morgan fingerprint density at radius 3 is 2.80 bits per heavy atom. The lowest BCUT2D eigenvalue weighted by molar-refractivity contribution is 0.547. The summed E-state index contributed by atoms with van der Waals surface area (Å²) in [5, 5.41) is 15.5. The smallest absolute Gasteiger partial charge is 0.209 e. The van der Waals surface area contributed by atoms with Crippen molar-refractivity contribution in [2.75, 3.05) is 18.8 Å². The molecule has 6 heteroatoms. The molecule has 1 rings (SSSR count). The van der Waals surface area contributed by atoms with Crippen molar-refractivity contribution in [1.29, 1.82) is 0 Å². The first-order valence-corrected chi connectivity index (χ1v) is 6.24. The number of rotatable bonds is 7. The molecule has 1 aromatic heterocycles. The second kappa shape index (κ2) is 6.79. The van der Waals surface area contributed by atoms with Gasteiger partial charge in [0.15, 0.2) is 0 Å². The number of aryl methyl sites for hydroxylation is 1. The maximum Gasteiger partial charge on any atom is 0.209 e. The summed E-state index contributed by atoms with van der Waals surface area (Å²) in [4.78, 5) is 0. The molecule has 0 radical (unpaired) electrons. The van der Waals surface area contributed by atoms with E-state index in [-0.39, 0.29) is 0 Å². The number of nitrogens with zero attached hydrogens (tertiary/aromatic N) is 4. The molecule has 0 atom stereocenters. The number of thioether (sulfide) groups is 1. The van der Waals surface area contributed by atoms with Gasteiger partial charge in [-0.25, -0.2) is 4.68 Å². The van der Waals surface area contributed by atoms with Crippen molar-refractivity contribution in [3.8, 4) is 0 Å². The second-order valence-electron chi connectivity index (χ2n) is 3.87. The fourth-order valence-electron chi connectivity index (χ4n) is 1.07. The van der Waals surface area contributed by atoms with E-state index in [1.54, 1.807) is 16.4 Å². The summed E-state index contributed by atoms with van der Waals surface area (Å²) >= 11 is 1.68. The molecule has 86 valence electrons. The molecule has 0 aliphatic rings. The third-order valence-corrected chi connectivity index (χ3v) is 3.00. The zero-order valence-corrected chi connectivity index (χ0v) is 10.4. The topological polar surface area (TPSA) is 55.6 Å². The molecular formula is C9H19N5S. The third-order valence-electron chi connectivity index (χ3n) is 1.99. The minimum absolute atomic E-state index is 0.771. The van der Waals surface area contributed by atoms with Crippen LogP contribution in [0, 0.1) is 5.92 Å². The van der Waals surface area contributed by atoms with E-state index in [2.05, 4.69) is 34.7 Å². The van der Waals surface area contributed by atoms with Crippen molar-refractivity contribution in [2.45, 2.75) is 25.4 Å². The Kier molecular flexibility index (Phi) is 5.63. The molecule has 0 aliphatic heterocycles. The van der Waals surface area contributed by atoms with Crippen LogP contribution in [0.1, 0.15) is 20.3 Å². The van der Waals surface area contributed by atoms with E-state index in [9.17, 15) is 0 Å². The molecule has 0 aromatic carbocycles. The van der Waals surface area contributed by atoms with Crippen molar-refractivity contribution in [2.24, 2.45) is 13.0 Å². The van der Waals surface area contributed by atoms with E-state index in [0.29, 0.717) is 0 Å². The minimum Gasteiger partial charge on any atom is -0.316 e. The van der Waals surface area contributed by atoms with Gasteiger partial charge in [0.25, 0.3) is 0 Å². The highest BCUT2D eigenvalue weighted by molar-refractivity contribution is 7.99. The summed E-state index contributed by atoms with van der Waals surface area (Å²) in [6, 6.07) is 0. The first-order chi connectivity index (χ1) is 7.20. The maximum atomic E-state index is 3.90. The summed E-state index contributed by atoms with van der Waals surface area (Å²) in [6.45, 7) is 6.57. The SMILES string of the molecule is CC(C)CCNCCSc1nnnn1C. The Bertz CT molecular complexity index is 273. The highest BCUT2D eigenvalue weighted by atomic mass is 32.2. The number of nitrogens with one attached hydrogen (secondary N) is 1. The summed E-state index contributed by atoms with van der Waals surface area (Å²) < 4.78 is 1.69. The zero-order chi connectivity index (χ0) is 11.1. The van der Waals surface area contributed by atoms with Gasteiger partial charge in [-0.3, -0.25) is 0 Å². The number of hydrogen-bond donors (Lipinski definition) is 1. The van der Waals surface area contributed by atoms with Gasteiger partial charge in [0.2, 0.25) is 5.16 Å². The van der Waals surface area contributed by atoms with Gasteiger partial charge < -0.3 is 5.32 Å². The van der Waals surface area contributed by atoms with E-state index in [4.69, 9.17) is 0 Å². The molecule has 0 spiro atoms. The van der Waals surface area contributed by atoms with Crippen LogP contribution in [0.2, 0.25) is 0 Å². The van der Waals surface area contributed by atoms with E-state index in [1.165, 1.54) is 6.42 Å². The largest absolute Gasteiger partial charge is 0.316 e. The van der Waals surface area contributed by atoms with Gasteiger partial charge in [-0.1, -0.05) is 25.6 Å². The molecule has 1 N–H and O–H groups in total. The van der Waals surface area contributed by atoms with Crippen LogP contribution in [0.4, 0.5) is 0 Å². The molecule has 0 unspecified atom stereocenters. The van der Waals surface area contributed by atoms with E-state index in [0.717, 1.165) is 29.9 Å². The second-order valence-corrected chi connectivity index (χ2v) is 4.93. The molecule has 5 nitrogen and oxygen atoms in total. The van der Waals surface area contributed by atoms with Crippen LogP contribution in [0.5, 0.6) is 0 Å². The molecule has 0 bridgehead atoms. The molecular weight excluding hydrogens is 210 g/mol. The van der Waals surface area contributed by atoms with Gasteiger partial charge >= 0.3 is 0 Å². The maximum absolute atomic E-state index is 3.90. The average Bonchev–Trinajstić information content (AvgIpc) is 2.57. The van der Waals surface area contributed by atoms with Crippen molar-refractivity contribution >= 4 is 11.8 Å². The molecule has 1 heterocycles. The first kappa shape index (κ1) is 12.4. The molecule has 15 heavy (non-hydrogen) atoms. The van der Waals surface area contributed by atoms with Gasteiger partial charge in [0.05, 0.1) is 0 Å². The van der Waals surface area contributed by atoms with Crippen LogP contribution in [-0.2, 0) is 7.05 Å². The fraction of sp³-hybridized carbons (Fsp3) is 0.889. The monoisotopic (exact) mass is 229 g/mol. The average molecular weight is 229 g/mol. The van der Waals surface area contributed by atoms with Crippen LogP contribution >= 0.6 is 11.8 Å². The lowest BCUT2D eigenvalue weighted by Gasteiger charge is -2.05. The van der Waals surface area contributed by atoms with Crippen LogP contribution in [-0.4, -0.2) is 39.0 Å². The predicted molar refractivity (Wildman–Crippen MR) is 61.8 cm³/mol. The van der Waals surface area contributed by atoms with Crippen molar-refractivity contribution in [3.63, 3.8) is 0 Å². The van der Waals surface area contributed by atoms with Gasteiger partial charge in [-0.2, -0.15) is 0 Å². The van der Waals surface area contributed by atoms with E-state index in [1.807, 2.05) is 7.05 Å². The third kappa shape index (κ3) is 5.13. The van der Waals surface area contributed by atoms with Crippen molar-refractivity contribution in [1.82, 2.24) is 25.5 Å². The Hall–Kier alpha value is -0.620. The van der Waals surface area contributed by atoms with Gasteiger partial charge in [0.1, 0.15) is 0 Å². The standard InChI is InChI=1S/C9H19N5S/c1-8(2)4-5-10-6-7-15-9-11-12-13-14(9)3/h8,10H,4-7H2,1-3H3. The van der Waals surface area contributed by atoms with Crippen LogP contribution in [0.25, 0.3) is 0 Å². The summed E-state index contributed by atoms with van der Waals surface area (Å²) in [7, 11) is 1.86. The molecule has 0 amide bonds. The number of tetrazole rings is 1. The first-order valence-electron chi connectivity index (χ1n) is 5.26. The van der Waals surface area contributed by atoms with Crippen molar-refractivity contribution in [3.05, 3.63) is 0 Å². The van der Waals surface area contributed by atoms with Crippen LogP contribution < -0.4 is 5.32 Å². The van der Waals surface area contributed by atoms with Crippen molar-refractivity contribution < 1.29 is 0 Å². The van der Waals surface area contributed by atoms with Gasteiger partial charge in [0, 0.05) is 19.3 Å². The molecule has 0 saturated heterocycles. The Morgan fingerprint density at radius 2 is 2.20 bits per heavy atom. The number of aromatic nitrogens is 4. The fourth-order valence-corrected chi connectivity index (χ4v) is 1.82. The van der Waals surface area contributed by atoms with E-state index >= 15 is 0 Å². The van der Waals surface area contributed by atoms with E-state index < -0.39 is 0 Å². The highest BCUT2D eigenvalue weighted by Crippen LogP contribution is 2.10. The Labute approximate surface area is 95.0 Å². The summed E-state index contributed by atoms with van der Waals surface area (Å²) in [5.74, 6) is 1.78. The van der Waals surface area contributed by atoms with Crippen LogP contribution in [0.3, 0.4) is 0 Å². The highest BCUT2D eigenvalue weighted by Gasteiger charge is 2.01.